The van der Waals surface area contributed by atoms with E-state index in [4.69, 9.17) is 11.6 Å². The Morgan fingerprint density at radius 3 is 1.70 bits per heavy atom. The highest BCUT2D eigenvalue weighted by Gasteiger charge is 2.22. The molecule has 0 aliphatic carbocycles. The maximum Gasteiger partial charge on any atom is 0.156 e. The Labute approximate surface area is 144 Å². The highest BCUT2D eigenvalue weighted by Crippen LogP contribution is 2.16. The van der Waals surface area contributed by atoms with Crippen LogP contribution in [0.4, 0.5) is 5.69 Å². The van der Waals surface area contributed by atoms with Crippen molar-refractivity contribution >= 4 is 41.6 Å². The average Bonchev–Trinajstić information content (AvgIpc) is 2.58. The van der Waals surface area contributed by atoms with Gasteiger partial charge in [-0.1, -0.05) is 88.7 Å². The molecule has 0 unspecified atom stereocenters. The van der Waals surface area contributed by atoms with E-state index in [0.717, 1.165) is 10.7 Å². The van der Waals surface area contributed by atoms with Gasteiger partial charge in [-0.2, -0.15) is 0 Å². The number of nitrogens with zero attached hydrogens (tertiary/aromatic N) is 1. The summed E-state index contributed by atoms with van der Waals surface area (Å²) in [7, 11) is 2.97. The highest BCUT2D eigenvalue weighted by atomic mass is 35.5. The van der Waals surface area contributed by atoms with Crippen LogP contribution < -0.4 is 20.5 Å². The predicted octanol–water partition coefficient (Wildman–Crippen LogP) is 2.92. The van der Waals surface area contributed by atoms with Crippen molar-refractivity contribution in [3.8, 4) is 0 Å². The third-order valence-corrected chi connectivity index (χ3v) is 7.13. The van der Waals surface area contributed by atoms with E-state index in [1.807, 2.05) is 14.1 Å². The quantitative estimate of drug-likeness (QED) is 0.523. The molecule has 0 N–H and O–H groups in total. The van der Waals surface area contributed by atoms with E-state index in [0.29, 0.717) is 0 Å². The van der Waals surface area contributed by atoms with Gasteiger partial charge >= 0.3 is 0 Å². The van der Waals surface area contributed by atoms with Gasteiger partial charge < -0.3 is 4.90 Å². The molecule has 0 saturated heterocycles. The van der Waals surface area contributed by atoms with E-state index in [1.54, 1.807) is 0 Å². The van der Waals surface area contributed by atoms with Crippen LogP contribution in [-0.2, 0) is 0 Å². The first kappa shape index (κ1) is 15.8. The average molecular weight is 337 g/mol. The maximum atomic E-state index is 6.67. The van der Waals surface area contributed by atoms with Gasteiger partial charge in [0.2, 0.25) is 0 Å². The van der Waals surface area contributed by atoms with Gasteiger partial charge in [0.15, 0.2) is 8.80 Å². The van der Waals surface area contributed by atoms with E-state index in [2.05, 4.69) is 83.8 Å². The molecule has 0 amide bonds. The van der Waals surface area contributed by atoms with Gasteiger partial charge in [-0.25, -0.2) is 0 Å². The zero-order valence-corrected chi connectivity index (χ0v) is 15.1. The molecule has 3 aromatic rings. The Kier molecular flexibility index (Phi) is 4.84. The van der Waals surface area contributed by atoms with Crippen LogP contribution in [0.1, 0.15) is 0 Å². The Hall–Kier alpha value is -2.03. The minimum atomic E-state index is -1.10. The summed E-state index contributed by atoms with van der Waals surface area (Å²) in [5.41, 5.74) is 1.13. The maximum absolute atomic E-state index is 6.67. The van der Waals surface area contributed by atoms with Gasteiger partial charge in [-0.05, 0) is 17.3 Å². The smallest absolute Gasteiger partial charge is 0.156 e. The molecule has 0 aliphatic rings. The van der Waals surface area contributed by atoms with Crippen LogP contribution in [0.2, 0.25) is 5.02 Å². The molecule has 0 aromatic heterocycles. The summed E-state index contributed by atoms with van der Waals surface area (Å²) < 4.78 is 0. The first-order chi connectivity index (χ1) is 11.2. The highest BCUT2D eigenvalue weighted by molar-refractivity contribution is 6.96. The van der Waals surface area contributed by atoms with Crippen molar-refractivity contribution in [2.75, 3.05) is 19.0 Å². The SMILES string of the molecule is CN(C)c1ccc([Si](c2ccccc2)c2ccccc2)c(Cl)c1. The zero-order valence-electron chi connectivity index (χ0n) is 13.3. The molecule has 115 valence electrons. The standard InChI is InChI=1S/C20H19ClNSi/c1-22(2)16-13-14-20(19(21)15-16)23(17-9-5-3-6-10-17)18-11-7-4-8-12-18/h3-15H,1-2H3. The molecular formula is C20H19ClNSi. The van der Waals surface area contributed by atoms with Crippen LogP contribution in [0.3, 0.4) is 0 Å². The second kappa shape index (κ2) is 7.03. The monoisotopic (exact) mass is 336 g/mol. The normalized spacial score (nSPS) is 10.8. The number of rotatable bonds is 4. The third-order valence-electron chi connectivity index (χ3n) is 3.86. The number of halogens is 1. The second-order valence-electron chi connectivity index (χ2n) is 5.67. The molecule has 3 rings (SSSR count). The van der Waals surface area contributed by atoms with Crippen molar-refractivity contribution in [2.45, 2.75) is 0 Å². The van der Waals surface area contributed by atoms with Crippen LogP contribution in [0, 0.1) is 0 Å². The van der Waals surface area contributed by atoms with E-state index >= 15 is 0 Å². The van der Waals surface area contributed by atoms with E-state index in [-0.39, 0.29) is 0 Å². The topological polar surface area (TPSA) is 3.24 Å². The zero-order chi connectivity index (χ0) is 16.2. The summed E-state index contributed by atoms with van der Waals surface area (Å²) in [6, 6.07) is 27.8. The summed E-state index contributed by atoms with van der Waals surface area (Å²) in [5, 5.41) is 4.78. The predicted molar refractivity (Wildman–Crippen MR) is 103 cm³/mol. The van der Waals surface area contributed by atoms with Gasteiger partial charge in [-0.3, -0.25) is 0 Å². The van der Waals surface area contributed by atoms with Crippen LogP contribution in [-0.4, -0.2) is 22.9 Å². The molecule has 0 aliphatic heterocycles. The van der Waals surface area contributed by atoms with Crippen LogP contribution in [0.25, 0.3) is 0 Å². The lowest BCUT2D eigenvalue weighted by atomic mass is 10.3. The summed E-state index contributed by atoms with van der Waals surface area (Å²) in [4.78, 5) is 2.08. The largest absolute Gasteiger partial charge is 0.378 e. The van der Waals surface area contributed by atoms with Gasteiger partial charge in [-0.15, -0.1) is 0 Å². The summed E-state index contributed by atoms with van der Waals surface area (Å²) >= 11 is 6.67. The fraction of sp³-hybridized carbons (Fsp3) is 0.100. The second-order valence-corrected chi connectivity index (χ2v) is 8.52. The molecule has 3 heteroatoms. The van der Waals surface area contributed by atoms with E-state index in [1.165, 1.54) is 15.6 Å². The Morgan fingerprint density at radius 2 is 1.26 bits per heavy atom. The Balaban J connectivity index is 2.13. The summed E-state index contributed by atoms with van der Waals surface area (Å²) in [5.74, 6) is 0. The minimum Gasteiger partial charge on any atom is -0.378 e. The number of anilines is 1. The first-order valence-corrected chi connectivity index (χ1v) is 9.49. The first-order valence-electron chi connectivity index (χ1n) is 7.62. The van der Waals surface area contributed by atoms with Crippen molar-refractivity contribution in [3.05, 3.63) is 83.9 Å². The fourth-order valence-corrected chi connectivity index (χ4v) is 5.70. The van der Waals surface area contributed by atoms with Gasteiger partial charge in [0, 0.05) is 24.8 Å². The van der Waals surface area contributed by atoms with Crippen molar-refractivity contribution < 1.29 is 0 Å². The minimum absolute atomic E-state index is 0.845. The Morgan fingerprint density at radius 1 is 0.739 bits per heavy atom. The van der Waals surface area contributed by atoms with Crippen molar-refractivity contribution in [2.24, 2.45) is 0 Å². The van der Waals surface area contributed by atoms with Gasteiger partial charge in [0.25, 0.3) is 0 Å². The van der Waals surface area contributed by atoms with E-state index < -0.39 is 8.80 Å². The summed E-state index contributed by atoms with van der Waals surface area (Å²) in [6.45, 7) is 0. The van der Waals surface area contributed by atoms with Crippen molar-refractivity contribution in [3.63, 3.8) is 0 Å². The molecule has 23 heavy (non-hydrogen) atoms. The molecule has 3 aromatic carbocycles. The van der Waals surface area contributed by atoms with Crippen LogP contribution in [0.5, 0.6) is 0 Å². The van der Waals surface area contributed by atoms with Crippen LogP contribution >= 0.6 is 11.6 Å². The summed E-state index contributed by atoms with van der Waals surface area (Å²) in [6.07, 6.45) is 0. The van der Waals surface area contributed by atoms with Crippen molar-refractivity contribution in [1.29, 1.82) is 0 Å². The molecule has 0 heterocycles. The lowest BCUT2D eigenvalue weighted by Gasteiger charge is -2.20. The van der Waals surface area contributed by atoms with Crippen molar-refractivity contribution in [1.82, 2.24) is 0 Å². The van der Waals surface area contributed by atoms with Gasteiger partial charge in [0.05, 0.1) is 0 Å². The number of hydrogen-bond donors (Lipinski definition) is 0. The third kappa shape index (κ3) is 3.49. The lowest BCUT2D eigenvalue weighted by Crippen LogP contribution is -2.52. The van der Waals surface area contributed by atoms with E-state index in [9.17, 15) is 0 Å². The molecule has 0 saturated carbocycles. The molecule has 1 nitrogen and oxygen atoms in total. The number of benzene rings is 3. The lowest BCUT2D eigenvalue weighted by molar-refractivity contribution is 1.13. The molecule has 0 fully saturated rings. The molecule has 1 radical (unpaired) electrons. The fourth-order valence-electron chi connectivity index (χ4n) is 2.67. The molecule has 0 bridgehead atoms. The van der Waals surface area contributed by atoms with Gasteiger partial charge in [0.1, 0.15) is 0 Å². The molecule has 0 spiro atoms. The Bertz CT molecular complexity index is 733. The molecular weight excluding hydrogens is 318 g/mol. The number of hydrogen-bond acceptors (Lipinski definition) is 1. The van der Waals surface area contributed by atoms with Crippen LogP contribution in [0.15, 0.2) is 78.9 Å². The molecule has 0 atom stereocenters.